The highest BCUT2D eigenvalue weighted by molar-refractivity contribution is 6.01. The van der Waals surface area contributed by atoms with Crippen molar-refractivity contribution in [1.29, 1.82) is 0 Å². The minimum absolute atomic E-state index is 0.00487. The lowest BCUT2D eigenvalue weighted by atomic mass is 9.91. The Balaban J connectivity index is 0.883. The molecule has 0 radical (unpaired) electrons. The largest absolute Gasteiger partial charge is 0.374 e. The van der Waals surface area contributed by atoms with Gasteiger partial charge < -0.3 is 30.5 Å². The van der Waals surface area contributed by atoms with Gasteiger partial charge in [0, 0.05) is 62.4 Å². The van der Waals surface area contributed by atoms with E-state index >= 15 is 0 Å². The number of nitrogens with one attached hydrogen (secondary N) is 3. The molecule has 3 atom stereocenters. The number of pyridine rings is 1. The maximum Gasteiger partial charge on any atom is 0.274 e. The number of nitrogens with zero attached hydrogens (tertiary/aromatic N) is 8. The maximum atomic E-state index is 13.3. The van der Waals surface area contributed by atoms with Crippen molar-refractivity contribution >= 4 is 40.6 Å². The summed E-state index contributed by atoms with van der Waals surface area (Å²) in [6.07, 6.45) is 7.57. The third-order valence-corrected chi connectivity index (χ3v) is 11.9. The molecule has 15 nitrogen and oxygen atoms in total. The molecule has 1 unspecified atom stereocenters. The number of ether oxygens (including phenoxy) is 1. The number of carbonyl (C=O) groups excluding carboxylic acids is 3. The first-order valence-corrected chi connectivity index (χ1v) is 19.6. The van der Waals surface area contributed by atoms with Gasteiger partial charge >= 0.3 is 0 Å². The first-order valence-electron chi connectivity index (χ1n) is 19.6. The normalized spacial score (nSPS) is 22.9. The predicted molar refractivity (Wildman–Crippen MR) is 204 cm³/mol. The summed E-state index contributed by atoms with van der Waals surface area (Å²) >= 11 is 0. The van der Waals surface area contributed by atoms with Crippen LogP contribution >= 0.6 is 0 Å². The molecule has 1 aromatic carbocycles. The van der Waals surface area contributed by atoms with E-state index in [2.05, 4.69) is 60.7 Å². The van der Waals surface area contributed by atoms with Gasteiger partial charge in [0.1, 0.15) is 5.69 Å². The molecule has 5 fully saturated rings. The third kappa shape index (κ3) is 6.28. The summed E-state index contributed by atoms with van der Waals surface area (Å²) in [6, 6.07) is 14.2. The first kappa shape index (κ1) is 34.1. The summed E-state index contributed by atoms with van der Waals surface area (Å²) in [5.74, 6) is -0.0513. The number of fused-ring (bicyclic) bond motifs is 5. The predicted octanol–water partition coefficient (Wildman–Crippen LogP) is 4.29. The van der Waals surface area contributed by atoms with E-state index in [1.807, 2.05) is 41.4 Å². The number of likely N-dealkylation sites (tertiary alicyclic amines) is 2. The Bertz CT molecular complexity index is 2190. The van der Waals surface area contributed by atoms with Crippen molar-refractivity contribution in [2.24, 2.45) is 5.92 Å². The molecule has 0 spiro atoms. The summed E-state index contributed by atoms with van der Waals surface area (Å²) in [5, 5.41) is 22.9. The Hall–Kier alpha value is -5.41. The fourth-order valence-corrected chi connectivity index (χ4v) is 8.70. The zero-order chi connectivity index (χ0) is 37.4. The molecule has 15 heteroatoms. The summed E-state index contributed by atoms with van der Waals surface area (Å²) < 4.78 is 7.90. The van der Waals surface area contributed by atoms with Crippen LogP contribution in [-0.2, 0) is 16.1 Å². The molecule has 10 rings (SSSR count). The molecule has 3 aromatic heterocycles. The Labute approximate surface area is 318 Å². The molecule has 3 N–H and O–H groups in total. The molecule has 2 aliphatic carbocycles. The fourth-order valence-electron chi connectivity index (χ4n) is 8.70. The van der Waals surface area contributed by atoms with Gasteiger partial charge in [-0.1, -0.05) is 25.1 Å². The van der Waals surface area contributed by atoms with E-state index in [-0.39, 0.29) is 59.6 Å². The Morgan fingerprint density at radius 3 is 2.53 bits per heavy atom. The van der Waals surface area contributed by atoms with Gasteiger partial charge in [0.05, 0.1) is 65.5 Å². The van der Waals surface area contributed by atoms with E-state index < -0.39 is 0 Å². The highest BCUT2D eigenvalue weighted by Crippen LogP contribution is 2.50. The molecule has 2 saturated carbocycles. The topological polar surface area (TPSA) is 163 Å². The first-order chi connectivity index (χ1) is 26.8. The average molecular weight is 744 g/mol. The van der Waals surface area contributed by atoms with Crippen molar-refractivity contribution in [1.82, 2.24) is 40.1 Å². The Morgan fingerprint density at radius 2 is 1.78 bits per heavy atom. The van der Waals surface area contributed by atoms with Crippen molar-refractivity contribution in [3.05, 3.63) is 71.4 Å². The number of rotatable bonds is 11. The minimum atomic E-state index is -0.290. The number of benzene rings is 1. The average Bonchev–Trinajstić information content (AvgIpc) is 4.07. The van der Waals surface area contributed by atoms with Crippen LogP contribution in [0.3, 0.4) is 0 Å². The van der Waals surface area contributed by atoms with Crippen LogP contribution in [0.5, 0.6) is 0 Å². The molecule has 4 aliphatic heterocycles. The van der Waals surface area contributed by atoms with Crippen LogP contribution < -0.4 is 20.9 Å². The second-order valence-electron chi connectivity index (χ2n) is 15.9. The Morgan fingerprint density at radius 1 is 0.945 bits per heavy atom. The number of amides is 3. The van der Waals surface area contributed by atoms with Gasteiger partial charge in [-0.05, 0) is 56.7 Å². The smallest absolute Gasteiger partial charge is 0.274 e. The van der Waals surface area contributed by atoms with E-state index in [4.69, 9.17) is 14.8 Å². The fraction of sp³-hybridized carbons (Fsp3) is 0.475. The van der Waals surface area contributed by atoms with Gasteiger partial charge in [-0.25, -0.2) is 4.98 Å². The highest BCUT2D eigenvalue weighted by Gasteiger charge is 2.42. The second-order valence-corrected chi connectivity index (χ2v) is 15.9. The zero-order valence-corrected chi connectivity index (χ0v) is 31.1. The van der Waals surface area contributed by atoms with E-state index in [0.717, 1.165) is 79.8 Å². The van der Waals surface area contributed by atoms with E-state index in [1.54, 1.807) is 6.07 Å². The van der Waals surface area contributed by atoms with E-state index in [1.165, 1.54) is 5.69 Å². The van der Waals surface area contributed by atoms with Gasteiger partial charge in [-0.2, -0.15) is 5.10 Å². The van der Waals surface area contributed by atoms with Gasteiger partial charge in [0.2, 0.25) is 5.91 Å². The van der Waals surface area contributed by atoms with Crippen molar-refractivity contribution in [3.8, 4) is 11.1 Å². The number of hydrogen-bond donors (Lipinski definition) is 3. The summed E-state index contributed by atoms with van der Waals surface area (Å²) in [7, 11) is 2.11. The van der Waals surface area contributed by atoms with Crippen LogP contribution in [0.25, 0.3) is 11.1 Å². The quantitative estimate of drug-likeness (QED) is 0.201. The third-order valence-electron chi connectivity index (χ3n) is 11.9. The molecular weight excluding hydrogens is 699 g/mol. The number of para-hydroxylation sites is 1. The highest BCUT2D eigenvalue weighted by atomic mass is 16.5. The number of carbonyl (C=O) groups is 3. The van der Waals surface area contributed by atoms with Gasteiger partial charge in [-0.3, -0.25) is 24.0 Å². The monoisotopic (exact) mass is 743 g/mol. The lowest BCUT2D eigenvalue weighted by Crippen LogP contribution is -2.48. The SMILES string of the molecule is CCC1c2c(cnn2C2CN(Cc3cccc(C(=O)N4C[C@H]5C[C@@H]4CO5)n3)C2)-c2cccc(Nc3cc(NC(=O)C4CC4)nnc3C(=O)NC3CC3)c2N1C. The molecule has 7 heterocycles. The van der Waals surface area contributed by atoms with Crippen LogP contribution in [0.4, 0.5) is 22.9 Å². The molecule has 6 aliphatic rings. The molecule has 3 saturated heterocycles. The van der Waals surface area contributed by atoms with Crippen molar-refractivity contribution in [2.45, 2.75) is 82.3 Å². The number of anilines is 4. The maximum absolute atomic E-state index is 13.3. The van der Waals surface area contributed by atoms with Crippen LogP contribution in [0.1, 0.15) is 89.9 Å². The molecule has 3 amide bonds. The lowest BCUT2D eigenvalue weighted by Gasteiger charge is -2.43. The summed E-state index contributed by atoms with van der Waals surface area (Å²) in [6.45, 7) is 5.79. The van der Waals surface area contributed by atoms with Crippen molar-refractivity contribution in [3.63, 3.8) is 0 Å². The lowest BCUT2D eigenvalue weighted by molar-refractivity contribution is -0.117. The van der Waals surface area contributed by atoms with Crippen LogP contribution in [0, 0.1) is 5.92 Å². The van der Waals surface area contributed by atoms with Gasteiger partial charge in [0.15, 0.2) is 11.5 Å². The number of morpholine rings is 1. The van der Waals surface area contributed by atoms with Gasteiger partial charge in [0.25, 0.3) is 11.8 Å². The van der Waals surface area contributed by atoms with E-state index in [9.17, 15) is 14.4 Å². The van der Waals surface area contributed by atoms with E-state index in [0.29, 0.717) is 36.9 Å². The number of aromatic nitrogens is 5. The summed E-state index contributed by atoms with van der Waals surface area (Å²) in [5.41, 5.74) is 7.20. The standard InChI is InChI=1S/C40H45N11O4/c1-3-33-37-29(16-41-51(37)26-18-49(19-26)17-24-6-4-9-31(42-24)40(54)50-20-27-14-25(50)21-55-27)28-7-5-8-30(36(28)48(33)2)44-32-15-34(45-38(52)22-10-11-22)46-47-35(32)39(53)43-23-12-13-23/h4-9,15-16,22-23,25-27,33H,3,10-14,17-21H2,1-2H3,(H,43,53)(H2,44,45,46,52)/t25-,27-,33?/m1/s1. The van der Waals surface area contributed by atoms with Crippen LogP contribution in [-0.4, -0.2) is 104 Å². The molecule has 2 bridgehead atoms. The number of hydrogen-bond acceptors (Lipinski definition) is 11. The second kappa shape index (κ2) is 13.4. The molecule has 4 aromatic rings. The summed E-state index contributed by atoms with van der Waals surface area (Å²) in [4.78, 5) is 50.6. The Kier molecular flexibility index (Phi) is 8.32. The van der Waals surface area contributed by atoms with Crippen LogP contribution in [0.15, 0.2) is 48.7 Å². The van der Waals surface area contributed by atoms with Crippen molar-refractivity contribution in [2.75, 3.05) is 48.8 Å². The van der Waals surface area contributed by atoms with Crippen LogP contribution in [0.2, 0.25) is 0 Å². The minimum Gasteiger partial charge on any atom is -0.374 e. The molecular formula is C40H45N11O4. The molecule has 55 heavy (non-hydrogen) atoms. The molecule has 284 valence electrons. The van der Waals surface area contributed by atoms with Gasteiger partial charge in [-0.15, -0.1) is 10.2 Å². The van der Waals surface area contributed by atoms with Crippen molar-refractivity contribution < 1.29 is 19.1 Å². The zero-order valence-electron chi connectivity index (χ0n) is 31.1.